The van der Waals surface area contributed by atoms with Crippen molar-refractivity contribution in [2.24, 2.45) is 0 Å². The van der Waals surface area contributed by atoms with Gasteiger partial charge in [0.05, 0.1) is 6.26 Å². The molecule has 18 heavy (non-hydrogen) atoms. The Hall–Kier alpha value is -1.46. The SMILES string of the molecule is C=CCn1c(SCC(=C)Cl)nnc1-c1ccco1. The Morgan fingerprint density at radius 3 is 3.00 bits per heavy atom. The second-order valence-electron chi connectivity index (χ2n) is 3.49. The zero-order chi connectivity index (χ0) is 13.0. The van der Waals surface area contributed by atoms with Gasteiger partial charge >= 0.3 is 0 Å². The summed E-state index contributed by atoms with van der Waals surface area (Å²) in [6, 6.07) is 3.66. The minimum absolute atomic E-state index is 0.577. The predicted octanol–water partition coefficient (Wildman–Crippen LogP) is 3.57. The molecule has 0 aliphatic heterocycles. The smallest absolute Gasteiger partial charge is 0.200 e. The first kappa shape index (κ1) is 13.0. The van der Waals surface area contributed by atoms with E-state index < -0.39 is 0 Å². The maximum absolute atomic E-state index is 5.75. The standard InChI is InChI=1S/C12H12ClN3OS/c1-3-6-16-11(10-5-4-7-17-10)14-15-12(16)18-8-9(2)13/h3-5,7H,1-2,6,8H2. The molecule has 0 unspecified atom stereocenters. The molecular weight excluding hydrogens is 270 g/mol. The summed E-state index contributed by atoms with van der Waals surface area (Å²) in [4.78, 5) is 0. The highest BCUT2D eigenvalue weighted by atomic mass is 35.5. The van der Waals surface area contributed by atoms with E-state index in [0.29, 0.717) is 28.9 Å². The van der Waals surface area contributed by atoms with Gasteiger partial charge in [-0.15, -0.1) is 16.8 Å². The van der Waals surface area contributed by atoms with E-state index in [1.54, 1.807) is 12.3 Å². The van der Waals surface area contributed by atoms with Gasteiger partial charge in [-0.2, -0.15) is 0 Å². The van der Waals surface area contributed by atoms with Crippen molar-refractivity contribution in [1.29, 1.82) is 0 Å². The lowest BCUT2D eigenvalue weighted by molar-refractivity contribution is 0.570. The van der Waals surface area contributed by atoms with Gasteiger partial charge in [-0.3, -0.25) is 4.57 Å². The third kappa shape index (κ3) is 2.86. The Kier molecular flexibility index (Phi) is 4.28. The summed E-state index contributed by atoms with van der Waals surface area (Å²) in [5, 5.41) is 9.61. The molecule has 94 valence electrons. The summed E-state index contributed by atoms with van der Waals surface area (Å²) in [5.74, 6) is 1.96. The molecule has 2 rings (SSSR count). The first-order valence-electron chi connectivity index (χ1n) is 5.26. The number of allylic oxidation sites excluding steroid dienone is 1. The van der Waals surface area contributed by atoms with Gasteiger partial charge in [0.2, 0.25) is 5.82 Å². The molecule has 2 aromatic rings. The van der Waals surface area contributed by atoms with Crippen molar-refractivity contribution in [2.75, 3.05) is 5.75 Å². The monoisotopic (exact) mass is 281 g/mol. The van der Waals surface area contributed by atoms with E-state index in [2.05, 4.69) is 23.4 Å². The first-order chi connectivity index (χ1) is 8.72. The molecule has 2 aromatic heterocycles. The lowest BCUT2D eigenvalue weighted by Crippen LogP contribution is -2.00. The average molecular weight is 282 g/mol. The minimum Gasteiger partial charge on any atom is -0.461 e. The topological polar surface area (TPSA) is 43.9 Å². The Bertz CT molecular complexity index is 548. The van der Waals surface area contributed by atoms with Gasteiger partial charge in [-0.25, -0.2) is 0 Å². The second kappa shape index (κ2) is 5.93. The molecule has 0 saturated heterocycles. The fourth-order valence-corrected chi connectivity index (χ4v) is 2.28. The Morgan fingerprint density at radius 2 is 2.39 bits per heavy atom. The van der Waals surface area contributed by atoms with E-state index in [1.165, 1.54) is 11.8 Å². The average Bonchev–Trinajstić information content (AvgIpc) is 2.95. The van der Waals surface area contributed by atoms with Crippen LogP contribution in [0.4, 0.5) is 0 Å². The van der Waals surface area contributed by atoms with Crippen LogP contribution in [0.15, 0.2) is 52.2 Å². The number of aromatic nitrogens is 3. The van der Waals surface area contributed by atoms with Crippen LogP contribution < -0.4 is 0 Å². The zero-order valence-electron chi connectivity index (χ0n) is 9.67. The first-order valence-corrected chi connectivity index (χ1v) is 6.62. The third-order valence-electron chi connectivity index (χ3n) is 2.13. The highest BCUT2D eigenvalue weighted by molar-refractivity contribution is 7.99. The van der Waals surface area contributed by atoms with Crippen LogP contribution in [0.3, 0.4) is 0 Å². The Labute approximate surface area is 114 Å². The molecule has 0 bridgehead atoms. The minimum atomic E-state index is 0.577. The van der Waals surface area contributed by atoms with Crippen LogP contribution in [-0.4, -0.2) is 20.5 Å². The lowest BCUT2D eigenvalue weighted by Gasteiger charge is -2.05. The molecule has 0 atom stereocenters. The zero-order valence-corrected chi connectivity index (χ0v) is 11.2. The number of hydrogen-bond acceptors (Lipinski definition) is 4. The molecule has 0 spiro atoms. The number of nitrogens with zero attached hydrogens (tertiary/aromatic N) is 3. The van der Waals surface area contributed by atoms with Gasteiger partial charge in [-0.05, 0) is 12.1 Å². The molecule has 0 saturated carbocycles. The third-order valence-corrected chi connectivity index (χ3v) is 3.47. The molecule has 0 aliphatic carbocycles. The van der Waals surface area contributed by atoms with Crippen molar-refractivity contribution in [1.82, 2.24) is 14.8 Å². The van der Waals surface area contributed by atoms with Crippen LogP contribution >= 0.6 is 23.4 Å². The maximum Gasteiger partial charge on any atom is 0.200 e. The van der Waals surface area contributed by atoms with E-state index >= 15 is 0 Å². The quantitative estimate of drug-likeness (QED) is 0.600. The highest BCUT2D eigenvalue weighted by Gasteiger charge is 2.15. The van der Waals surface area contributed by atoms with Crippen LogP contribution in [0.1, 0.15) is 0 Å². The Balaban J connectivity index is 2.31. The van der Waals surface area contributed by atoms with Gasteiger partial charge in [0.15, 0.2) is 10.9 Å². The molecule has 2 heterocycles. The van der Waals surface area contributed by atoms with E-state index in [9.17, 15) is 0 Å². The highest BCUT2D eigenvalue weighted by Crippen LogP contribution is 2.25. The number of hydrogen-bond donors (Lipinski definition) is 0. The van der Waals surface area contributed by atoms with Gasteiger partial charge in [-0.1, -0.05) is 36.0 Å². The summed E-state index contributed by atoms with van der Waals surface area (Å²) in [5.41, 5.74) is 0. The van der Waals surface area contributed by atoms with Crippen molar-refractivity contribution in [2.45, 2.75) is 11.7 Å². The molecule has 6 heteroatoms. The normalized spacial score (nSPS) is 10.5. The van der Waals surface area contributed by atoms with E-state index in [-0.39, 0.29) is 0 Å². The summed E-state index contributed by atoms with van der Waals surface area (Å²) in [6.45, 7) is 8.00. The van der Waals surface area contributed by atoms with Gasteiger partial charge in [0.1, 0.15) is 0 Å². The van der Waals surface area contributed by atoms with Crippen LogP contribution in [0, 0.1) is 0 Å². The predicted molar refractivity (Wildman–Crippen MR) is 73.6 cm³/mol. The fraction of sp³-hybridized carbons (Fsp3) is 0.167. The number of furan rings is 1. The van der Waals surface area contributed by atoms with Crippen LogP contribution in [0.25, 0.3) is 11.6 Å². The lowest BCUT2D eigenvalue weighted by atomic mass is 10.4. The van der Waals surface area contributed by atoms with Crippen LogP contribution in [-0.2, 0) is 6.54 Å². The number of thioether (sulfide) groups is 1. The fourth-order valence-electron chi connectivity index (χ4n) is 1.42. The largest absolute Gasteiger partial charge is 0.461 e. The van der Waals surface area contributed by atoms with Gasteiger partial charge < -0.3 is 4.42 Å². The number of rotatable bonds is 6. The molecule has 0 amide bonds. The van der Waals surface area contributed by atoms with E-state index in [4.69, 9.17) is 16.0 Å². The summed E-state index contributed by atoms with van der Waals surface area (Å²) in [7, 11) is 0. The molecule has 4 nitrogen and oxygen atoms in total. The van der Waals surface area contributed by atoms with E-state index in [1.807, 2.05) is 16.7 Å². The molecule has 0 N–H and O–H groups in total. The molecule has 0 aromatic carbocycles. The number of halogens is 1. The van der Waals surface area contributed by atoms with Crippen molar-refractivity contribution in [3.8, 4) is 11.6 Å². The van der Waals surface area contributed by atoms with Crippen LogP contribution in [0.5, 0.6) is 0 Å². The van der Waals surface area contributed by atoms with Gasteiger partial charge in [0, 0.05) is 17.3 Å². The van der Waals surface area contributed by atoms with Crippen molar-refractivity contribution >= 4 is 23.4 Å². The molecular formula is C12H12ClN3OS. The second-order valence-corrected chi connectivity index (χ2v) is 4.97. The van der Waals surface area contributed by atoms with Crippen molar-refractivity contribution < 1.29 is 4.42 Å². The van der Waals surface area contributed by atoms with Crippen molar-refractivity contribution in [3.63, 3.8) is 0 Å². The van der Waals surface area contributed by atoms with Crippen LogP contribution in [0.2, 0.25) is 0 Å². The van der Waals surface area contributed by atoms with E-state index in [0.717, 1.165) is 5.16 Å². The molecule has 0 fully saturated rings. The van der Waals surface area contributed by atoms with Crippen molar-refractivity contribution in [3.05, 3.63) is 42.7 Å². The summed E-state index contributed by atoms with van der Waals surface area (Å²) in [6.07, 6.45) is 3.39. The maximum atomic E-state index is 5.75. The van der Waals surface area contributed by atoms with Gasteiger partial charge in [0.25, 0.3) is 0 Å². The summed E-state index contributed by atoms with van der Waals surface area (Å²) < 4.78 is 7.26. The summed E-state index contributed by atoms with van der Waals surface area (Å²) >= 11 is 7.23. The molecule has 0 radical (unpaired) electrons. The Morgan fingerprint density at radius 1 is 1.56 bits per heavy atom. The molecule has 0 aliphatic rings.